The van der Waals surface area contributed by atoms with E-state index in [4.69, 9.17) is 26.5 Å². The second kappa shape index (κ2) is 10.4. The number of rotatable bonds is 8. The predicted molar refractivity (Wildman–Crippen MR) is 140 cm³/mol. The van der Waals surface area contributed by atoms with Gasteiger partial charge in [0, 0.05) is 17.1 Å². The van der Waals surface area contributed by atoms with Gasteiger partial charge in [0.1, 0.15) is 5.75 Å². The molecule has 0 aliphatic heterocycles. The molecule has 1 heterocycles. The summed E-state index contributed by atoms with van der Waals surface area (Å²) < 4.78 is 7.65. The average Bonchev–Trinajstić information content (AvgIpc) is 3.26. The van der Waals surface area contributed by atoms with Crippen LogP contribution in [0.15, 0.2) is 78.9 Å². The lowest BCUT2D eigenvalue weighted by molar-refractivity contribution is -0.139. The molecular weight excluding hydrogens is 460 g/mol. The fourth-order valence-corrected chi connectivity index (χ4v) is 4.04. The Bertz CT molecular complexity index is 1310. The highest BCUT2D eigenvalue weighted by Gasteiger charge is 2.20. The number of nitrogens with zero attached hydrogens (tertiary/aromatic N) is 2. The zero-order chi connectivity index (χ0) is 25.0. The SMILES string of the molecule is CC(C)(C)c1ccc(OCC(=O)O)c(-c2cc(-c3ccc(Cl)cc3)n(CCc3ccccc3)n2)c1. The van der Waals surface area contributed by atoms with E-state index >= 15 is 0 Å². The number of carboxylic acids is 1. The van der Waals surface area contributed by atoms with Crippen LogP contribution in [0.3, 0.4) is 0 Å². The van der Waals surface area contributed by atoms with Crippen LogP contribution in [-0.4, -0.2) is 27.5 Å². The number of aromatic nitrogens is 2. The maximum Gasteiger partial charge on any atom is 0.341 e. The topological polar surface area (TPSA) is 64.3 Å². The summed E-state index contributed by atoms with van der Waals surface area (Å²) in [6.07, 6.45) is 0.826. The summed E-state index contributed by atoms with van der Waals surface area (Å²) in [6, 6.07) is 25.9. The third-order valence-corrected chi connectivity index (χ3v) is 6.10. The molecule has 0 fully saturated rings. The summed E-state index contributed by atoms with van der Waals surface area (Å²) >= 11 is 6.14. The fourth-order valence-electron chi connectivity index (χ4n) is 3.91. The average molecular weight is 489 g/mol. The van der Waals surface area contributed by atoms with Crippen LogP contribution in [0.25, 0.3) is 22.5 Å². The molecule has 35 heavy (non-hydrogen) atoms. The monoisotopic (exact) mass is 488 g/mol. The molecule has 4 rings (SSSR count). The van der Waals surface area contributed by atoms with E-state index in [1.54, 1.807) is 0 Å². The molecule has 0 radical (unpaired) electrons. The van der Waals surface area contributed by atoms with E-state index in [0.717, 1.165) is 34.5 Å². The van der Waals surface area contributed by atoms with Crippen molar-refractivity contribution in [3.63, 3.8) is 0 Å². The van der Waals surface area contributed by atoms with Crippen LogP contribution in [0, 0.1) is 0 Å². The largest absolute Gasteiger partial charge is 0.481 e. The molecule has 6 heteroatoms. The summed E-state index contributed by atoms with van der Waals surface area (Å²) in [5.41, 5.74) is 5.71. The van der Waals surface area contributed by atoms with E-state index in [1.165, 1.54) is 5.56 Å². The first-order valence-corrected chi connectivity index (χ1v) is 12.0. The van der Waals surface area contributed by atoms with Gasteiger partial charge in [-0.15, -0.1) is 0 Å². The normalized spacial score (nSPS) is 11.4. The van der Waals surface area contributed by atoms with Gasteiger partial charge in [0.15, 0.2) is 6.61 Å². The van der Waals surface area contributed by atoms with Crippen LogP contribution in [0.5, 0.6) is 5.75 Å². The summed E-state index contributed by atoms with van der Waals surface area (Å²) in [7, 11) is 0. The number of hydrogen-bond acceptors (Lipinski definition) is 3. The Kier molecular flexibility index (Phi) is 7.27. The van der Waals surface area contributed by atoms with Gasteiger partial charge >= 0.3 is 5.97 Å². The van der Waals surface area contributed by atoms with Crippen LogP contribution in [-0.2, 0) is 23.2 Å². The molecule has 0 unspecified atom stereocenters. The maximum absolute atomic E-state index is 11.2. The lowest BCUT2D eigenvalue weighted by atomic mass is 9.85. The Balaban J connectivity index is 1.79. The van der Waals surface area contributed by atoms with Crippen molar-refractivity contribution in [2.45, 2.75) is 39.2 Å². The van der Waals surface area contributed by atoms with Gasteiger partial charge in [0.2, 0.25) is 0 Å². The third-order valence-electron chi connectivity index (χ3n) is 5.85. The van der Waals surface area contributed by atoms with Crippen molar-refractivity contribution in [2.24, 2.45) is 0 Å². The second-order valence-corrected chi connectivity index (χ2v) is 9.96. The fraction of sp³-hybridized carbons (Fsp3) is 0.241. The van der Waals surface area contributed by atoms with Gasteiger partial charge < -0.3 is 9.84 Å². The molecule has 0 amide bonds. The molecule has 0 aliphatic rings. The van der Waals surface area contributed by atoms with Crippen molar-refractivity contribution < 1.29 is 14.6 Å². The number of hydrogen-bond donors (Lipinski definition) is 1. The van der Waals surface area contributed by atoms with E-state index < -0.39 is 12.6 Å². The van der Waals surface area contributed by atoms with Crippen LogP contribution < -0.4 is 4.74 Å². The molecule has 0 spiro atoms. The van der Waals surface area contributed by atoms with Gasteiger partial charge in [-0.05, 0) is 58.9 Å². The Morgan fingerprint density at radius 2 is 1.71 bits per heavy atom. The molecule has 4 aromatic rings. The Morgan fingerprint density at radius 3 is 2.37 bits per heavy atom. The van der Waals surface area contributed by atoms with E-state index in [1.807, 2.05) is 71.4 Å². The van der Waals surface area contributed by atoms with Crippen molar-refractivity contribution in [2.75, 3.05) is 6.61 Å². The number of halogens is 1. The van der Waals surface area contributed by atoms with Crippen LogP contribution in [0.2, 0.25) is 5.02 Å². The molecule has 3 aromatic carbocycles. The number of aliphatic carboxylic acids is 1. The molecule has 1 N–H and O–H groups in total. The van der Waals surface area contributed by atoms with Crippen LogP contribution >= 0.6 is 11.6 Å². The highest BCUT2D eigenvalue weighted by molar-refractivity contribution is 6.30. The first-order valence-electron chi connectivity index (χ1n) is 11.6. The molecule has 0 saturated carbocycles. The molecule has 5 nitrogen and oxygen atoms in total. The van der Waals surface area contributed by atoms with Gasteiger partial charge in [-0.2, -0.15) is 5.10 Å². The molecule has 180 valence electrons. The van der Waals surface area contributed by atoms with E-state index in [2.05, 4.69) is 32.9 Å². The molecule has 1 aromatic heterocycles. The second-order valence-electron chi connectivity index (χ2n) is 9.52. The summed E-state index contributed by atoms with van der Waals surface area (Å²) in [5.74, 6) is -0.526. The highest BCUT2D eigenvalue weighted by atomic mass is 35.5. The number of carbonyl (C=O) groups is 1. The number of carboxylic acid groups (broad SMARTS) is 1. The zero-order valence-corrected chi connectivity index (χ0v) is 20.9. The summed E-state index contributed by atoms with van der Waals surface area (Å²) in [5, 5.41) is 14.8. The van der Waals surface area contributed by atoms with E-state index in [9.17, 15) is 4.79 Å². The standard InChI is InChI=1S/C29H29ClN2O3/c1-29(2,3)22-11-14-27(35-19-28(33)34)24(17-22)25-18-26(21-9-12-23(30)13-10-21)32(31-25)16-15-20-7-5-4-6-8-20/h4-14,17-18H,15-16,19H2,1-3H3,(H,33,34). The van der Waals surface area contributed by atoms with Gasteiger partial charge in [-0.1, -0.05) is 80.9 Å². The molecule has 0 aliphatic carbocycles. The smallest absolute Gasteiger partial charge is 0.341 e. The van der Waals surface area contributed by atoms with Crippen molar-refractivity contribution in [3.8, 4) is 28.3 Å². The quantitative estimate of drug-likeness (QED) is 0.294. The molecule has 0 saturated heterocycles. The number of aryl methyl sites for hydroxylation is 2. The van der Waals surface area contributed by atoms with Gasteiger partial charge in [0.05, 0.1) is 11.4 Å². The van der Waals surface area contributed by atoms with Crippen molar-refractivity contribution in [1.82, 2.24) is 9.78 Å². The number of ether oxygens (including phenoxy) is 1. The van der Waals surface area contributed by atoms with Crippen molar-refractivity contribution >= 4 is 17.6 Å². The van der Waals surface area contributed by atoms with Gasteiger partial charge in [0.25, 0.3) is 0 Å². The van der Waals surface area contributed by atoms with E-state index in [-0.39, 0.29) is 5.41 Å². The van der Waals surface area contributed by atoms with E-state index in [0.29, 0.717) is 17.3 Å². The summed E-state index contributed by atoms with van der Waals surface area (Å²) in [6.45, 7) is 6.69. The lowest BCUT2D eigenvalue weighted by Gasteiger charge is -2.21. The van der Waals surface area contributed by atoms with Crippen LogP contribution in [0.1, 0.15) is 31.9 Å². The third kappa shape index (κ3) is 6.11. The van der Waals surface area contributed by atoms with Crippen molar-refractivity contribution in [1.29, 1.82) is 0 Å². The predicted octanol–water partition coefficient (Wildman–Crippen LogP) is 6.87. The minimum absolute atomic E-state index is 0.0883. The Labute approximate surface area is 211 Å². The van der Waals surface area contributed by atoms with Gasteiger partial charge in [-0.25, -0.2) is 4.79 Å². The highest BCUT2D eigenvalue weighted by Crippen LogP contribution is 2.36. The zero-order valence-electron chi connectivity index (χ0n) is 20.2. The number of benzene rings is 3. The molecular formula is C29H29ClN2O3. The first kappa shape index (κ1) is 24.6. The maximum atomic E-state index is 11.2. The minimum Gasteiger partial charge on any atom is -0.481 e. The molecule has 0 bridgehead atoms. The first-order chi connectivity index (χ1) is 16.7. The molecule has 0 atom stereocenters. The van der Waals surface area contributed by atoms with Crippen molar-refractivity contribution in [3.05, 3.63) is 95.0 Å². The Hall–Kier alpha value is -3.57. The lowest BCUT2D eigenvalue weighted by Crippen LogP contribution is -2.13. The van der Waals surface area contributed by atoms with Gasteiger partial charge in [-0.3, -0.25) is 4.68 Å². The van der Waals surface area contributed by atoms with Crippen LogP contribution in [0.4, 0.5) is 0 Å². The Morgan fingerprint density at radius 1 is 1.00 bits per heavy atom. The minimum atomic E-state index is -1.02. The summed E-state index contributed by atoms with van der Waals surface area (Å²) in [4.78, 5) is 11.2.